The second kappa shape index (κ2) is 10.7. The number of rotatable bonds is 7. The van der Waals surface area contributed by atoms with Crippen LogP contribution in [0, 0.1) is 0 Å². The van der Waals surface area contributed by atoms with Crippen LogP contribution < -0.4 is 10.1 Å². The molecule has 0 radical (unpaired) electrons. The van der Waals surface area contributed by atoms with Crippen LogP contribution in [0.3, 0.4) is 0 Å². The minimum absolute atomic E-state index is 0.0770. The van der Waals surface area contributed by atoms with Gasteiger partial charge in [0.25, 0.3) is 0 Å². The zero-order chi connectivity index (χ0) is 17.2. The monoisotopic (exact) mass is 389 g/mol. The molecule has 0 bridgehead atoms. The van der Waals surface area contributed by atoms with Crippen molar-refractivity contribution in [3.63, 3.8) is 0 Å². The first-order chi connectivity index (χ1) is 10.3. The molecule has 0 fully saturated rings. The molecule has 0 aliphatic heterocycles. The van der Waals surface area contributed by atoms with E-state index in [1.165, 1.54) is 0 Å². The van der Waals surface area contributed by atoms with Crippen molar-refractivity contribution in [3.8, 4) is 0 Å². The fourth-order valence-corrected chi connectivity index (χ4v) is 3.00. The van der Waals surface area contributed by atoms with Crippen LogP contribution >= 0.6 is 11.8 Å². The summed E-state index contributed by atoms with van der Waals surface area (Å²) < 4.78 is 18.7. The Bertz CT molecular complexity index is 498. The number of Topliss-reactive ketones (excluding diaryl/α,β-unsaturated/α-hetero) is 1. The zero-order valence-corrected chi connectivity index (χ0v) is 15.2. The molecule has 0 spiro atoms. The molecule has 0 aliphatic carbocycles. The quantitative estimate of drug-likeness (QED) is 0.531. The van der Waals surface area contributed by atoms with Crippen LogP contribution in [0.25, 0.3) is 0 Å². The topological polar surface area (TPSA) is 118 Å². The molecule has 1 aromatic rings. The van der Waals surface area contributed by atoms with Crippen LogP contribution in [0.5, 0.6) is 0 Å². The van der Waals surface area contributed by atoms with Gasteiger partial charge in [-0.25, -0.2) is 0 Å². The van der Waals surface area contributed by atoms with Crippen LogP contribution in [0.4, 0.5) is 0 Å². The minimum atomic E-state index is -2.79. The average Bonchev–Trinajstić information content (AvgIpc) is 2.47. The van der Waals surface area contributed by atoms with Gasteiger partial charge in [0.05, 0.1) is 0 Å². The predicted octanol–water partition coefficient (Wildman–Crippen LogP) is -0.635. The largest absolute Gasteiger partial charge is 0.373 e. The van der Waals surface area contributed by atoms with Gasteiger partial charge in [0.2, 0.25) is 0 Å². The molecule has 1 rings (SSSR count). The van der Waals surface area contributed by atoms with Crippen LogP contribution in [-0.2, 0) is 20.8 Å². The van der Waals surface area contributed by atoms with E-state index in [4.69, 9.17) is 23.5 Å². The van der Waals surface area contributed by atoms with E-state index in [0.717, 1.165) is 5.56 Å². The van der Waals surface area contributed by atoms with Gasteiger partial charge in [-0.1, -0.05) is 0 Å². The molecule has 0 saturated heterocycles. The van der Waals surface area contributed by atoms with Crippen LogP contribution in [0.2, 0.25) is 0 Å². The van der Waals surface area contributed by atoms with Crippen molar-refractivity contribution in [2.75, 3.05) is 12.3 Å². The van der Waals surface area contributed by atoms with Crippen LogP contribution in [-0.4, -0.2) is 52.5 Å². The number of ketones is 1. The number of thioether (sulfide) groups is 1. The number of carbonyl (C=O) groups excluding carboxylic acids is 3. The molecular weight excluding hydrogens is 369 g/mol. The third kappa shape index (κ3) is 9.15. The maximum Gasteiger partial charge on any atom is 0.373 e. The molecule has 22 heavy (non-hydrogen) atoms. The Morgan fingerprint density at radius 3 is 2.18 bits per heavy atom. The summed E-state index contributed by atoms with van der Waals surface area (Å²) in [5.74, 6) is 0.603. The van der Waals surface area contributed by atoms with Crippen molar-refractivity contribution in [2.24, 2.45) is 5.73 Å². The first-order valence-electron chi connectivity index (χ1n) is 6.37. The van der Waals surface area contributed by atoms with E-state index in [2.05, 4.69) is 0 Å². The molecule has 6 nitrogen and oxygen atoms in total. The van der Waals surface area contributed by atoms with E-state index in [9.17, 15) is 4.79 Å². The predicted molar refractivity (Wildman–Crippen MR) is 85.6 cm³/mol. The van der Waals surface area contributed by atoms with E-state index in [1.807, 2.05) is 13.8 Å². The molecule has 8 heteroatoms. The SMILES string of the molecule is CC(C)(CN)SCC(=O)Cc1ccc([As](O)O)cc1.O=C=O. The standard InChI is InChI=1S/C13H20AsNO3S.CO2/c1-13(2,9-15)19-8-12(16)7-10-3-5-11(6-4-10)14(17)18;2-1-3/h3-6,17-18H,7-9,15H2,1-2H3;. The number of hydrogen-bond donors (Lipinski definition) is 3. The van der Waals surface area contributed by atoms with Crippen molar-refractivity contribution in [2.45, 2.75) is 25.0 Å². The number of nitrogens with two attached hydrogens (primary N) is 1. The molecule has 0 atom stereocenters. The summed E-state index contributed by atoms with van der Waals surface area (Å²) in [4.78, 5) is 28.1. The summed E-state index contributed by atoms with van der Waals surface area (Å²) in [6.45, 7) is 4.58. The van der Waals surface area contributed by atoms with Crippen molar-refractivity contribution in [1.29, 1.82) is 0 Å². The molecule has 0 aromatic heterocycles. The molecule has 0 unspecified atom stereocenters. The summed E-state index contributed by atoms with van der Waals surface area (Å²) in [5.41, 5.74) is 6.51. The zero-order valence-electron chi connectivity index (χ0n) is 12.5. The normalized spacial score (nSPS) is 10.6. The van der Waals surface area contributed by atoms with Gasteiger partial charge in [0, 0.05) is 0 Å². The molecule has 0 amide bonds. The van der Waals surface area contributed by atoms with Gasteiger partial charge in [0.1, 0.15) is 0 Å². The fraction of sp³-hybridized carbons (Fsp3) is 0.429. The Balaban J connectivity index is 0.00000135. The number of benzene rings is 1. The summed E-state index contributed by atoms with van der Waals surface area (Å²) in [7, 11) is 0. The molecule has 0 saturated carbocycles. The van der Waals surface area contributed by atoms with Gasteiger partial charge in [-0.15, -0.1) is 0 Å². The van der Waals surface area contributed by atoms with Crippen molar-refractivity contribution in [3.05, 3.63) is 29.8 Å². The van der Waals surface area contributed by atoms with Crippen molar-refractivity contribution < 1.29 is 22.6 Å². The van der Waals surface area contributed by atoms with Gasteiger partial charge in [-0.2, -0.15) is 9.59 Å². The smallest absolute Gasteiger partial charge is 0.186 e. The third-order valence-electron chi connectivity index (χ3n) is 2.68. The van der Waals surface area contributed by atoms with E-state index in [-0.39, 0.29) is 16.7 Å². The van der Waals surface area contributed by atoms with Gasteiger partial charge >= 0.3 is 129 Å². The maximum atomic E-state index is 11.8. The Kier molecular flexibility index (Phi) is 10.3. The van der Waals surface area contributed by atoms with Crippen molar-refractivity contribution in [1.82, 2.24) is 0 Å². The fourth-order valence-electron chi connectivity index (χ4n) is 1.36. The molecule has 0 heterocycles. The second-order valence-electron chi connectivity index (χ2n) is 5.01. The molecule has 1 aromatic carbocycles. The van der Waals surface area contributed by atoms with Crippen LogP contribution in [0.15, 0.2) is 24.3 Å². The van der Waals surface area contributed by atoms with Gasteiger partial charge in [0.15, 0.2) is 0 Å². The third-order valence-corrected chi connectivity index (χ3v) is 5.69. The number of carbonyl (C=O) groups is 1. The maximum absolute atomic E-state index is 11.8. The molecule has 4 N–H and O–H groups in total. The Labute approximate surface area is 139 Å². The Morgan fingerprint density at radius 1 is 1.27 bits per heavy atom. The van der Waals surface area contributed by atoms with Gasteiger partial charge in [-0.05, 0) is 0 Å². The number of hydrogen-bond acceptors (Lipinski definition) is 7. The Hall–Kier alpha value is -0.942. The van der Waals surface area contributed by atoms with Gasteiger partial charge < -0.3 is 0 Å². The van der Waals surface area contributed by atoms with E-state index < -0.39 is 15.3 Å². The summed E-state index contributed by atoms with van der Waals surface area (Å²) in [6, 6.07) is 6.92. The minimum Gasteiger partial charge on any atom is -0.186 e. The first kappa shape index (κ1) is 21.1. The van der Waals surface area contributed by atoms with Crippen molar-refractivity contribution >= 4 is 43.4 Å². The molecular formula is C14H20AsNO5S. The average molecular weight is 389 g/mol. The van der Waals surface area contributed by atoms with E-state index in [0.29, 0.717) is 23.1 Å². The summed E-state index contributed by atoms with van der Waals surface area (Å²) in [5, 5.41) is 0. The van der Waals surface area contributed by atoms with Crippen LogP contribution in [0.1, 0.15) is 19.4 Å². The van der Waals surface area contributed by atoms with Gasteiger partial charge in [-0.3, -0.25) is 0 Å². The molecule has 122 valence electrons. The summed E-state index contributed by atoms with van der Waals surface area (Å²) in [6.07, 6.45) is 0.623. The summed E-state index contributed by atoms with van der Waals surface area (Å²) >= 11 is -1.22. The molecule has 0 aliphatic rings. The first-order valence-corrected chi connectivity index (χ1v) is 9.97. The Morgan fingerprint density at radius 2 is 1.77 bits per heavy atom. The second-order valence-corrected chi connectivity index (χ2v) is 8.99. The van der Waals surface area contributed by atoms with E-state index in [1.54, 1.807) is 36.0 Å². The van der Waals surface area contributed by atoms with E-state index >= 15 is 0 Å².